The lowest BCUT2D eigenvalue weighted by atomic mass is 10.1. The Balaban J connectivity index is 1.40. The number of hydrogen-bond donors (Lipinski definition) is 1. The molecular formula is C21H17N5O3S2. The first-order chi connectivity index (χ1) is 15.0. The lowest BCUT2D eigenvalue weighted by molar-refractivity contribution is -0.115. The van der Waals surface area contributed by atoms with Gasteiger partial charge in [-0.1, -0.05) is 71.6 Å². The highest BCUT2D eigenvalue weighted by molar-refractivity contribution is 8.01. The van der Waals surface area contributed by atoms with Crippen LogP contribution in [-0.2, 0) is 18.3 Å². The van der Waals surface area contributed by atoms with Crippen molar-refractivity contribution >= 4 is 50.7 Å². The first-order valence-electron chi connectivity index (χ1n) is 9.30. The summed E-state index contributed by atoms with van der Waals surface area (Å²) < 4.78 is 1.82. The zero-order chi connectivity index (χ0) is 21.8. The maximum Gasteiger partial charge on any atom is 0.274 e. The smallest absolute Gasteiger partial charge is 0.274 e. The molecule has 156 valence electrons. The van der Waals surface area contributed by atoms with Crippen LogP contribution >= 0.6 is 23.1 Å². The Kier molecular flexibility index (Phi) is 6.19. The Morgan fingerprint density at radius 3 is 2.52 bits per heavy atom. The number of thioether (sulfide) groups is 1. The Morgan fingerprint density at radius 1 is 1.03 bits per heavy atom. The van der Waals surface area contributed by atoms with Crippen molar-refractivity contribution in [2.24, 2.45) is 7.05 Å². The molecule has 1 N–H and O–H groups in total. The Labute approximate surface area is 185 Å². The third-order valence-corrected chi connectivity index (χ3v) is 6.41. The van der Waals surface area contributed by atoms with Crippen molar-refractivity contribution in [2.45, 2.75) is 10.8 Å². The number of carbonyl (C=O) groups is 2. The minimum atomic E-state index is -0.315. The van der Waals surface area contributed by atoms with Crippen molar-refractivity contribution < 1.29 is 9.59 Å². The number of rotatable bonds is 7. The molecule has 0 radical (unpaired) electrons. The number of amides is 1. The molecule has 4 rings (SSSR count). The molecule has 0 saturated carbocycles. The number of aromatic nitrogens is 4. The van der Waals surface area contributed by atoms with Crippen LogP contribution in [0.4, 0.5) is 5.13 Å². The molecule has 0 saturated heterocycles. The van der Waals surface area contributed by atoms with Crippen LogP contribution in [0.15, 0.2) is 63.7 Å². The summed E-state index contributed by atoms with van der Waals surface area (Å²) in [4.78, 5) is 36.9. The Bertz CT molecular complexity index is 1320. The number of ketones is 1. The van der Waals surface area contributed by atoms with E-state index in [4.69, 9.17) is 0 Å². The largest absolute Gasteiger partial charge is 0.300 e. The van der Waals surface area contributed by atoms with E-state index in [9.17, 15) is 14.4 Å². The number of nitrogens with zero attached hydrogens (tertiary/aromatic N) is 4. The molecule has 0 aliphatic heterocycles. The quantitative estimate of drug-likeness (QED) is 0.261. The van der Waals surface area contributed by atoms with Gasteiger partial charge in [-0.15, -0.1) is 10.2 Å². The maximum atomic E-state index is 12.5. The van der Waals surface area contributed by atoms with Crippen molar-refractivity contribution in [3.8, 4) is 0 Å². The number of hydrogen-bond acceptors (Lipinski definition) is 8. The van der Waals surface area contributed by atoms with Crippen molar-refractivity contribution in [3.63, 3.8) is 0 Å². The van der Waals surface area contributed by atoms with E-state index in [0.29, 0.717) is 31.5 Å². The average molecular weight is 452 g/mol. The van der Waals surface area contributed by atoms with Gasteiger partial charge in [-0.25, -0.2) is 4.68 Å². The molecule has 0 unspecified atom stereocenters. The second kappa shape index (κ2) is 9.19. The second-order valence-electron chi connectivity index (χ2n) is 6.60. The first kappa shape index (κ1) is 20.9. The molecule has 0 aliphatic rings. The standard InChI is InChI=1S/C21H17N5O3S2/c1-26-19(29)15-10-6-5-9-14(15)16(25-26)11-18(28)22-20-23-24-21(31-20)30-12-17(27)13-7-3-2-4-8-13/h2-10H,11-12H2,1H3,(H,22,23,28). The average Bonchev–Trinajstić information content (AvgIpc) is 3.23. The molecule has 8 nitrogen and oxygen atoms in total. The molecule has 10 heteroatoms. The van der Waals surface area contributed by atoms with Gasteiger partial charge in [0.15, 0.2) is 10.1 Å². The van der Waals surface area contributed by atoms with E-state index in [0.717, 1.165) is 0 Å². The summed E-state index contributed by atoms with van der Waals surface area (Å²) in [7, 11) is 1.56. The minimum Gasteiger partial charge on any atom is -0.300 e. The third-order valence-electron chi connectivity index (χ3n) is 4.44. The van der Waals surface area contributed by atoms with Gasteiger partial charge in [0.1, 0.15) is 0 Å². The van der Waals surface area contributed by atoms with Gasteiger partial charge in [0, 0.05) is 18.0 Å². The number of Topliss-reactive ketones (excluding diaryl/α,β-unsaturated/α-hetero) is 1. The van der Waals surface area contributed by atoms with Crippen LogP contribution < -0.4 is 10.9 Å². The van der Waals surface area contributed by atoms with Gasteiger partial charge in [-0.3, -0.25) is 14.4 Å². The molecule has 0 atom stereocenters. The summed E-state index contributed by atoms with van der Waals surface area (Å²) in [6.07, 6.45) is -0.0107. The van der Waals surface area contributed by atoms with Crippen molar-refractivity contribution in [1.82, 2.24) is 20.0 Å². The molecule has 0 spiro atoms. The number of nitrogens with one attached hydrogen (secondary N) is 1. The number of fused-ring (bicyclic) bond motifs is 1. The molecule has 4 aromatic rings. The van der Waals surface area contributed by atoms with E-state index in [-0.39, 0.29) is 29.4 Å². The summed E-state index contributed by atoms with van der Waals surface area (Å²) in [6.45, 7) is 0. The van der Waals surface area contributed by atoms with E-state index in [1.165, 1.54) is 27.8 Å². The predicted molar refractivity (Wildman–Crippen MR) is 121 cm³/mol. The lowest BCUT2D eigenvalue weighted by Gasteiger charge is -2.07. The van der Waals surface area contributed by atoms with Crippen LogP contribution in [0.5, 0.6) is 0 Å². The molecule has 0 aliphatic carbocycles. The van der Waals surface area contributed by atoms with Gasteiger partial charge in [-0.05, 0) is 6.07 Å². The topological polar surface area (TPSA) is 107 Å². The monoisotopic (exact) mass is 451 g/mol. The summed E-state index contributed by atoms with van der Waals surface area (Å²) in [5.41, 5.74) is 0.934. The highest BCUT2D eigenvalue weighted by Gasteiger charge is 2.15. The first-order valence-corrected chi connectivity index (χ1v) is 11.1. The highest BCUT2D eigenvalue weighted by atomic mass is 32.2. The van der Waals surface area contributed by atoms with Gasteiger partial charge in [0.2, 0.25) is 11.0 Å². The molecule has 1 amide bonds. The van der Waals surface area contributed by atoms with Gasteiger partial charge in [0.25, 0.3) is 5.56 Å². The SMILES string of the molecule is Cn1nc(CC(=O)Nc2nnc(SCC(=O)c3ccccc3)s2)c2ccccc2c1=O. The Hall–Kier alpha value is -3.37. The predicted octanol–water partition coefficient (Wildman–Crippen LogP) is 2.94. The van der Waals surface area contributed by atoms with Gasteiger partial charge in [0.05, 0.1) is 23.3 Å². The van der Waals surface area contributed by atoms with Crippen LogP contribution in [0, 0.1) is 0 Å². The number of carbonyl (C=O) groups excluding carboxylic acids is 2. The van der Waals surface area contributed by atoms with E-state index in [2.05, 4.69) is 20.6 Å². The molecular weight excluding hydrogens is 434 g/mol. The molecule has 2 heterocycles. The molecule has 31 heavy (non-hydrogen) atoms. The van der Waals surface area contributed by atoms with Crippen LogP contribution in [0.3, 0.4) is 0 Å². The van der Waals surface area contributed by atoms with Crippen molar-refractivity contribution in [2.75, 3.05) is 11.1 Å². The minimum absolute atomic E-state index is 0.000900. The van der Waals surface area contributed by atoms with Crippen LogP contribution in [0.2, 0.25) is 0 Å². The zero-order valence-corrected chi connectivity index (χ0v) is 18.1. The van der Waals surface area contributed by atoms with Crippen molar-refractivity contribution in [1.29, 1.82) is 0 Å². The van der Waals surface area contributed by atoms with Crippen LogP contribution in [0.25, 0.3) is 10.8 Å². The van der Waals surface area contributed by atoms with Crippen LogP contribution in [-0.4, -0.2) is 37.4 Å². The fraction of sp³-hybridized carbons (Fsp3) is 0.143. The number of aryl methyl sites for hydroxylation is 1. The molecule has 2 aromatic carbocycles. The summed E-state index contributed by atoms with van der Waals surface area (Å²) >= 11 is 2.47. The lowest BCUT2D eigenvalue weighted by Crippen LogP contribution is -2.24. The summed E-state index contributed by atoms with van der Waals surface area (Å²) in [5.74, 6) is -0.0797. The van der Waals surface area contributed by atoms with Gasteiger partial charge < -0.3 is 5.32 Å². The van der Waals surface area contributed by atoms with Crippen LogP contribution in [0.1, 0.15) is 16.1 Å². The fourth-order valence-electron chi connectivity index (χ4n) is 2.98. The Morgan fingerprint density at radius 2 is 1.74 bits per heavy atom. The third kappa shape index (κ3) is 4.86. The molecule has 0 bridgehead atoms. The summed E-state index contributed by atoms with van der Waals surface area (Å²) in [6, 6.07) is 16.1. The van der Waals surface area contributed by atoms with E-state index < -0.39 is 0 Å². The second-order valence-corrected chi connectivity index (χ2v) is 8.80. The van der Waals surface area contributed by atoms with E-state index >= 15 is 0 Å². The number of anilines is 1. The van der Waals surface area contributed by atoms with Gasteiger partial charge >= 0.3 is 0 Å². The molecule has 2 aromatic heterocycles. The zero-order valence-electron chi connectivity index (χ0n) is 16.4. The van der Waals surface area contributed by atoms with Gasteiger partial charge in [-0.2, -0.15) is 5.10 Å². The summed E-state index contributed by atoms with van der Waals surface area (Å²) in [5, 5.41) is 16.4. The fourth-order valence-corrected chi connectivity index (χ4v) is 4.64. The van der Waals surface area contributed by atoms with E-state index in [1.54, 1.807) is 43.4 Å². The van der Waals surface area contributed by atoms with E-state index in [1.807, 2.05) is 18.2 Å². The van der Waals surface area contributed by atoms with Crippen molar-refractivity contribution in [3.05, 3.63) is 76.2 Å². The number of benzene rings is 2. The molecule has 0 fully saturated rings. The maximum absolute atomic E-state index is 12.5. The highest BCUT2D eigenvalue weighted by Crippen LogP contribution is 2.26. The normalized spacial score (nSPS) is 10.9.